The number of nitrogens with two attached hydrogens (primary N) is 1. The number of urea groups is 1. The van der Waals surface area contributed by atoms with E-state index < -0.39 is 6.03 Å². The summed E-state index contributed by atoms with van der Waals surface area (Å²) < 4.78 is 0. The summed E-state index contributed by atoms with van der Waals surface area (Å²) in [7, 11) is 0. The van der Waals surface area contributed by atoms with Gasteiger partial charge in [0, 0.05) is 0 Å². The lowest BCUT2D eigenvalue weighted by atomic mass is 10.2. The number of hydrogen-bond acceptors (Lipinski definition) is 3. The summed E-state index contributed by atoms with van der Waals surface area (Å²) in [6.45, 7) is 0. The molecule has 1 aromatic heterocycles. The number of nitrogens with zero attached hydrogens (tertiary/aromatic N) is 2. The molecule has 5 heteroatoms. The van der Waals surface area contributed by atoms with E-state index in [1.165, 1.54) is 16.2 Å². The molecule has 0 fully saturated rings. The van der Waals surface area contributed by atoms with Gasteiger partial charge in [0.1, 0.15) is 5.00 Å². The van der Waals surface area contributed by atoms with Crippen LogP contribution in [0.1, 0.15) is 5.56 Å². The third-order valence-corrected chi connectivity index (χ3v) is 3.05. The molecular formula is C12H9N3OS. The van der Waals surface area contributed by atoms with Crippen molar-refractivity contribution in [2.75, 3.05) is 4.90 Å². The van der Waals surface area contributed by atoms with Crippen LogP contribution in [-0.4, -0.2) is 6.03 Å². The molecule has 2 rings (SSSR count). The van der Waals surface area contributed by atoms with Crippen molar-refractivity contribution in [1.82, 2.24) is 0 Å². The Morgan fingerprint density at radius 3 is 2.47 bits per heavy atom. The molecule has 0 radical (unpaired) electrons. The van der Waals surface area contributed by atoms with Crippen LogP contribution in [0.2, 0.25) is 0 Å². The lowest BCUT2D eigenvalue weighted by Gasteiger charge is -2.18. The smallest absolute Gasteiger partial charge is 0.324 e. The highest BCUT2D eigenvalue weighted by Gasteiger charge is 2.15. The van der Waals surface area contributed by atoms with Gasteiger partial charge in [0.25, 0.3) is 0 Å². The van der Waals surface area contributed by atoms with Gasteiger partial charge in [-0.3, -0.25) is 4.90 Å². The van der Waals surface area contributed by atoms with E-state index in [0.717, 1.165) is 5.00 Å². The van der Waals surface area contributed by atoms with E-state index in [9.17, 15) is 4.79 Å². The molecule has 1 heterocycles. The molecule has 0 aliphatic rings. The molecule has 2 aromatic rings. The minimum absolute atomic E-state index is 0.544. The Hall–Kier alpha value is -2.32. The maximum absolute atomic E-state index is 11.4. The minimum Gasteiger partial charge on any atom is -0.351 e. The normalized spacial score (nSPS) is 9.59. The highest BCUT2D eigenvalue weighted by atomic mass is 32.1. The first-order valence-corrected chi connectivity index (χ1v) is 5.73. The number of thiophene rings is 1. The van der Waals surface area contributed by atoms with Crippen molar-refractivity contribution in [3.05, 3.63) is 47.3 Å². The van der Waals surface area contributed by atoms with E-state index in [4.69, 9.17) is 11.0 Å². The quantitative estimate of drug-likeness (QED) is 0.881. The summed E-state index contributed by atoms with van der Waals surface area (Å²) in [6, 6.07) is 11.8. The summed E-state index contributed by atoms with van der Waals surface area (Å²) in [5, 5.41) is 11.3. The van der Waals surface area contributed by atoms with Crippen molar-refractivity contribution in [3.63, 3.8) is 0 Å². The van der Waals surface area contributed by atoms with Crippen LogP contribution in [0.25, 0.3) is 0 Å². The Morgan fingerprint density at radius 2 is 2.00 bits per heavy atom. The molecule has 0 bridgehead atoms. The van der Waals surface area contributed by atoms with E-state index in [2.05, 4.69) is 0 Å². The second kappa shape index (κ2) is 4.68. The van der Waals surface area contributed by atoms with Gasteiger partial charge in [0.2, 0.25) is 0 Å². The van der Waals surface area contributed by atoms with E-state index in [0.29, 0.717) is 11.3 Å². The Kier molecular flexibility index (Phi) is 3.08. The van der Waals surface area contributed by atoms with Gasteiger partial charge in [-0.25, -0.2) is 4.79 Å². The maximum Gasteiger partial charge on any atom is 0.324 e. The van der Waals surface area contributed by atoms with Crippen LogP contribution in [0.4, 0.5) is 15.5 Å². The van der Waals surface area contributed by atoms with Crippen LogP contribution in [-0.2, 0) is 0 Å². The van der Waals surface area contributed by atoms with Gasteiger partial charge in [0.05, 0.1) is 17.3 Å². The number of primary amides is 1. The van der Waals surface area contributed by atoms with Crippen LogP contribution in [0.15, 0.2) is 41.8 Å². The molecule has 2 amide bonds. The van der Waals surface area contributed by atoms with E-state index in [1.807, 2.05) is 23.6 Å². The Labute approximate surface area is 103 Å². The van der Waals surface area contributed by atoms with Crippen LogP contribution in [0, 0.1) is 11.3 Å². The van der Waals surface area contributed by atoms with Gasteiger partial charge >= 0.3 is 6.03 Å². The van der Waals surface area contributed by atoms with Gasteiger partial charge in [-0.2, -0.15) is 5.26 Å². The first-order valence-electron chi connectivity index (χ1n) is 4.85. The molecule has 17 heavy (non-hydrogen) atoms. The largest absolute Gasteiger partial charge is 0.351 e. The zero-order valence-electron chi connectivity index (χ0n) is 8.83. The Bertz CT molecular complexity index is 554. The van der Waals surface area contributed by atoms with Crippen LogP contribution in [0.5, 0.6) is 0 Å². The molecule has 0 aliphatic heterocycles. The third kappa shape index (κ3) is 2.27. The van der Waals surface area contributed by atoms with Crippen molar-refractivity contribution in [3.8, 4) is 6.07 Å². The van der Waals surface area contributed by atoms with Crippen molar-refractivity contribution in [1.29, 1.82) is 5.26 Å². The topological polar surface area (TPSA) is 70.1 Å². The standard InChI is InChI=1S/C12H9N3OS/c13-8-9-3-5-10(6-4-9)15(12(14)16)11-2-1-7-17-11/h1-7H,(H2,14,16). The average Bonchev–Trinajstić information content (AvgIpc) is 2.83. The predicted octanol–water partition coefficient (Wildman–Crippen LogP) is 2.84. The fourth-order valence-corrected chi connectivity index (χ4v) is 2.20. The second-order valence-electron chi connectivity index (χ2n) is 3.28. The summed E-state index contributed by atoms with van der Waals surface area (Å²) in [4.78, 5) is 12.9. The fraction of sp³-hybridized carbons (Fsp3) is 0. The Balaban J connectivity index is 2.40. The van der Waals surface area contributed by atoms with Crippen LogP contribution >= 0.6 is 11.3 Å². The lowest BCUT2D eigenvalue weighted by molar-refractivity contribution is 0.256. The number of nitriles is 1. The van der Waals surface area contributed by atoms with Crippen molar-refractivity contribution in [2.45, 2.75) is 0 Å². The zero-order valence-corrected chi connectivity index (χ0v) is 9.65. The average molecular weight is 243 g/mol. The molecule has 4 nitrogen and oxygen atoms in total. The van der Waals surface area contributed by atoms with Crippen molar-refractivity contribution >= 4 is 28.1 Å². The van der Waals surface area contributed by atoms with Gasteiger partial charge < -0.3 is 5.73 Å². The summed E-state index contributed by atoms with van der Waals surface area (Å²) in [5.74, 6) is 0. The Morgan fingerprint density at radius 1 is 1.29 bits per heavy atom. The number of hydrogen-bond donors (Lipinski definition) is 1. The van der Waals surface area contributed by atoms with E-state index in [1.54, 1.807) is 24.3 Å². The molecule has 0 spiro atoms. The van der Waals surface area contributed by atoms with Gasteiger partial charge in [-0.1, -0.05) is 0 Å². The molecule has 0 saturated carbocycles. The summed E-state index contributed by atoms with van der Waals surface area (Å²) in [6.07, 6.45) is 0. The highest BCUT2D eigenvalue weighted by Crippen LogP contribution is 2.29. The maximum atomic E-state index is 11.4. The molecule has 0 aliphatic carbocycles. The van der Waals surface area contributed by atoms with Gasteiger partial charge in [-0.15, -0.1) is 11.3 Å². The molecular weight excluding hydrogens is 234 g/mol. The minimum atomic E-state index is -0.544. The molecule has 0 saturated heterocycles. The van der Waals surface area contributed by atoms with Crippen LogP contribution < -0.4 is 10.6 Å². The number of carbonyl (C=O) groups excluding carboxylic acids is 1. The highest BCUT2D eigenvalue weighted by molar-refractivity contribution is 7.14. The molecule has 0 atom stereocenters. The van der Waals surface area contributed by atoms with E-state index >= 15 is 0 Å². The summed E-state index contributed by atoms with van der Waals surface area (Å²) >= 11 is 1.42. The number of amides is 2. The number of carbonyl (C=O) groups is 1. The number of rotatable bonds is 2. The monoisotopic (exact) mass is 243 g/mol. The predicted molar refractivity (Wildman–Crippen MR) is 67.2 cm³/mol. The molecule has 1 aromatic carbocycles. The van der Waals surface area contributed by atoms with Crippen molar-refractivity contribution in [2.24, 2.45) is 5.73 Å². The lowest BCUT2D eigenvalue weighted by Crippen LogP contribution is -2.30. The molecule has 0 unspecified atom stereocenters. The van der Waals surface area contributed by atoms with Crippen LogP contribution in [0.3, 0.4) is 0 Å². The number of benzene rings is 1. The number of anilines is 2. The van der Waals surface area contributed by atoms with E-state index in [-0.39, 0.29) is 0 Å². The SMILES string of the molecule is N#Cc1ccc(N(C(N)=O)c2cccs2)cc1. The first kappa shape index (κ1) is 11.2. The molecule has 2 N–H and O–H groups in total. The van der Waals surface area contributed by atoms with Gasteiger partial charge in [-0.05, 0) is 41.8 Å². The fourth-order valence-electron chi connectivity index (χ4n) is 1.45. The second-order valence-corrected chi connectivity index (χ2v) is 4.21. The molecule has 84 valence electrons. The third-order valence-electron chi connectivity index (χ3n) is 2.20. The van der Waals surface area contributed by atoms with Crippen molar-refractivity contribution < 1.29 is 4.79 Å². The zero-order chi connectivity index (χ0) is 12.3. The summed E-state index contributed by atoms with van der Waals surface area (Å²) in [5.41, 5.74) is 6.56. The van der Waals surface area contributed by atoms with Gasteiger partial charge in [0.15, 0.2) is 0 Å². The first-order chi connectivity index (χ1) is 8.22.